The summed E-state index contributed by atoms with van der Waals surface area (Å²) in [6.07, 6.45) is 2.06. The van der Waals surface area contributed by atoms with Gasteiger partial charge in [0.25, 0.3) is 5.91 Å². The normalized spacial score (nSPS) is 21.3. The fourth-order valence-electron chi connectivity index (χ4n) is 3.41. The Labute approximate surface area is 138 Å². The molecule has 8 heteroatoms. The molecule has 1 aliphatic heterocycles. The molecular formula is C16H18N2O6. The Morgan fingerprint density at radius 1 is 1.33 bits per heavy atom. The van der Waals surface area contributed by atoms with Crippen LogP contribution in [0.5, 0.6) is 5.75 Å². The molecule has 0 radical (unpaired) electrons. The van der Waals surface area contributed by atoms with Crippen LogP contribution in [0.1, 0.15) is 19.3 Å². The molecule has 1 unspecified atom stereocenters. The Balaban J connectivity index is 1.52. The number of nitro groups is 1. The number of ether oxygens (including phenoxy) is 1. The van der Waals surface area contributed by atoms with Crippen LogP contribution in [0, 0.1) is 21.4 Å². The lowest BCUT2D eigenvalue weighted by Crippen LogP contribution is -2.42. The smallest absolute Gasteiger partial charge is 0.310 e. The number of carbonyl (C=O) groups excluding carboxylic acids is 1. The Morgan fingerprint density at radius 3 is 2.58 bits per heavy atom. The molecule has 128 valence electrons. The maximum absolute atomic E-state index is 12.2. The summed E-state index contributed by atoms with van der Waals surface area (Å²) in [4.78, 5) is 35.3. The zero-order valence-corrected chi connectivity index (χ0v) is 13.0. The summed E-state index contributed by atoms with van der Waals surface area (Å²) in [5.74, 6) is -1.21. The number of carboxylic acid groups (broad SMARTS) is 1. The number of likely N-dealkylation sites (tertiary alicyclic amines) is 1. The van der Waals surface area contributed by atoms with Crippen molar-refractivity contribution in [2.24, 2.45) is 11.3 Å². The number of aliphatic carboxylic acids is 1. The molecule has 1 N–H and O–H groups in total. The van der Waals surface area contributed by atoms with Gasteiger partial charge in [-0.1, -0.05) is 12.1 Å². The summed E-state index contributed by atoms with van der Waals surface area (Å²) < 4.78 is 5.31. The van der Waals surface area contributed by atoms with E-state index in [1.807, 2.05) is 0 Å². The van der Waals surface area contributed by atoms with Gasteiger partial charge in [-0.3, -0.25) is 19.7 Å². The second kappa shape index (κ2) is 6.10. The van der Waals surface area contributed by atoms with E-state index in [0.717, 1.165) is 0 Å². The molecule has 1 spiro atoms. The van der Waals surface area contributed by atoms with Crippen LogP contribution in [0.3, 0.4) is 0 Å². The molecule has 2 aliphatic rings. The molecule has 0 bridgehead atoms. The number of carbonyl (C=O) groups is 2. The zero-order valence-electron chi connectivity index (χ0n) is 13.0. The van der Waals surface area contributed by atoms with Gasteiger partial charge in [0.15, 0.2) is 12.4 Å². The highest BCUT2D eigenvalue weighted by Gasteiger charge is 2.59. The van der Waals surface area contributed by atoms with Crippen LogP contribution in [-0.4, -0.2) is 46.5 Å². The Bertz CT molecular complexity index is 681. The number of amides is 1. The highest BCUT2D eigenvalue weighted by Crippen LogP contribution is 2.59. The average Bonchev–Trinajstić information content (AvgIpc) is 3.27. The largest absolute Gasteiger partial charge is 0.481 e. The topological polar surface area (TPSA) is 110 Å². The van der Waals surface area contributed by atoms with Crippen molar-refractivity contribution in [1.29, 1.82) is 0 Å². The van der Waals surface area contributed by atoms with Gasteiger partial charge in [-0.15, -0.1) is 0 Å². The van der Waals surface area contributed by atoms with Crippen LogP contribution >= 0.6 is 0 Å². The van der Waals surface area contributed by atoms with Crippen molar-refractivity contribution < 1.29 is 24.4 Å². The van der Waals surface area contributed by atoms with Crippen LogP contribution in [0.2, 0.25) is 0 Å². The predicted octanol–water partition coefficient (Wildman–Crippen LogP) is 1.69. The lowest BCUT2D eigenvalue weighted by atomic mass is 9.91. The maximum atomic E-state index is 12.2. The van der Waals surface area contributed by atoms with Crippen LogP contribution in [0.15, 0.2) is 24.3 Å². The molecule has 3 rings (SSSR count). The molecule has 0 aromatic heterocycles. The molecule has 1 aliphatic carbocycles. The van der Waals surface area contributed by atoms with Gasteiger partial charge in [-0.2, -0.15) is 0 Å². The summed E-state index contributed by atoms with van der Waals surface area (Å²) in [5, 5.41) is 20.0. The highest BCUT2D eigenvalue weighted by molar-refractivity contribution is 5.78. The van der Waals surface area contributed by atoms with E-state index in [1.54, 1.807) is 11.0 Å². The van der Waals surface area contributed by atoms with Crippen molar-refractivity contribution in [2.75, 3.05) is 19.7 Å². The van der Waals surface area contributed by atoms with Gasteiger partial charge in [-0.25, -0.2) is 0 Å². The van der Waals surface area contributed by atoms with E-state index in [1.165, 1.54) is 18.2 Å². The minimum absolute atomic E-state index is 0.0671. The second-order valence-corrected chi connectivity index (χ2v) is 6.35. The molecule has 8 nitrogen and oxygen atoms in total. The molecule has 1 amide bonds. The number of para-hydroxylation sites is 2. The van der Waals surface area contributed by atoms with Crippen LogP contribution in [0.4, 0.5) is 5.69 Å². The van der Waals surface area contributed by atoms with Crippen molar-refractivity contribution in [3.05, 3.63) is 34.4 Å². The standard InChI is InChI=1S/C16H18N2O6/c19-14(10-24-13-4-2-1-3-12(13)18(22)23)17-7-5-16(6-8-17)9-11(16)15(20)21/h1-4,11H,5-10H2,(H,20,21). The fourth-order valence-corrected chi connectivity index (χ4v) is 3.41. The third kappa shape index (κ3) is 3.04. The lowest BCUT2D eigenvalue weighted by Gasteiger charge is -2.32. The van der Waals surface area contributed by atoms with Crippen LogP contribution < -0.4 is 4.74 Å². The van der Waals surface area contributed by atoms with Crippen LogP contribution in [-0.2, 0) is 9.59 Å². The number of nitro benzene ring substituents is 1. The quantitative estimate of drug-likeness (QED) is 0.648. The van der Waals surface area contributed by atoms with Crippen molar-refractivity contribution in [3.8, 4) is 5.75 Å². The molecular weight excluding hydrogens is 316 g/mol. The van der Waals surface area contributed by atoms with E-state index in [2.05, 4.69) is 0 Å². The van der Waals surface area contributed by atoms with Gasteiger partial charge in [0.05, 0.1) is 10.8 Å². The van der Waals surface area contributed by atoms with Gasteiger partial charge in [0.1, 0.15) is 0 Å². The Morgan fingerprint density at radius 2 is 2.00 bits per heavy atom. The summed E-state index contributed by atoms with van der Waals surface area (Å²) >= 11 is 0. The molecule has 1 aromatic carbocycles. The third-order valence-electron chi connectivity index (χ3n) is 5.01. The van der Waals surface area contributed by atoms with Gasteiger partial charge >= 0.3 is 11.7 Å². The van der Waals surface area contributed by atoms with Crippen molar-refractivity contribution in [3.63, 3.8) is 0 Å². The lowest BCUT2D eigenvalue weighted by molar-refractivity contribution is -0.385. The van der Waals surface area contributed by atoms with E-state index in [-0.39, 0.29) is 35.3 Å². The summed E-state index contributed by atoms with van der Waals surface area (Å²) in [6, 6.07) is 5.92. The first-order valence-electron chi connectivity index (χ1n) is 7.80. The number of benzene rings is 1. The minimum Gasteiger partial charge on any atom is -0.481 e. The first-order valence-corrected chi connectivity index (χ1v) is 7.80. The van der Waals surface area contributed by atoms with Crippen molar-refractivity contribution in [2.45, 2.75) is 19.3 Å². The summed E-state index contributed by atoms with van der Waals surface area (Å²) in [6.45, 7) is 0.742. The number of carboxylic acids is 1. The summed E-state index contributed by atoms with van der Waals surface area (Å²) in [5.41, 5.74) is -0.313. The SMILES string of the molecule is O=C(O)C1CC12CCN(C(=O)COc1ccccc1[N+](=O)[O-])CC2. The molecule has 1 saturated carbocycles. The number of rotatable bonds is 5. The van der Waals surface area contributed by atoms with E-state index >= 15 is 0 Å². The van der Waals surface area contributed by atoms with Crippen molar-refractivity contribution in [1.82, 2.24) is 4.90 Å². The number of hydrogen-bond acceptors (Lipinski definition) is 5. The van der Waals surface area contributed by atoms with E-state index in [4.69, 9.17) is 9.84 Å². The summed E-state index contributed by atoms with van der Waals surface area (Å²) in [7, 11) is 0. The molecule has 2 fully saturated rings. The second-order valence-electron chi connectivity index (χ2n) is 6.35. The van der Waals surface area contributed by atoms with E-state index in [0.29, 0.717) is 32.4 Å². The Hall–Kier alpha value is -2.64. The molecule has 1 saturated heterocycles. The molecule has 1 aromatic rings. The van der Waals surface area contributed by atoms with E-state index < -0.39 is 10.9 Å². The highest BCUT2D eigenvalue weighted by atomic mass is 16.6. The van der Waals surface area contributed by atoms with Gasteiger partial charge in [0.2, 0.25) is 0 Å². The molecule has 24 heavy (non-hydrogen) atoms. The van der Waals surface area contributed by atoms with Gasteiger partial charge in [0, 0.05) is 19.2 Å². The first-order chi connectivity index (χ1) is 11.4. The van der Waals surface area contributed by atoms with Gasteiger partial charge < -0.3 is 14.7 Å². The van der Waals surface area contributed by atoms with Crippen molar-refractivity contribution >= 4 is 17.6 Å². The molecule has 1 heterocycles. The first kappa shape index (κ1) is 16.2. The maximum Gasteiger partial charge on any atom is 0.310 e. The zero-order chi connectivity index (χ0) is 17.3. The van der Waals surface area contributed by atoms with Crippen LogP contribution in [0.25, 0.3) is 0 Å². The van der Waals surface area contributed by atoms with Gasteiger partial charge in [-0.05, 0) is 30.7 Å². The van der Waals surface area contributed by atoms with E-state index in [9.17, 15) is 19.7 Å². The number of nitrogens with zero attached hydrogens (tertiary/aromatic N) is 2. The molecule has 1 atom stereocenters. The Kier molecular flexibility index (Phi) is 4.13. The number of piperidine rings is 1. The number of hydrogen-bond donors (Lipinski definition) is 1. The fraction of sp³-hybridized carbons (Fsp3) is 0.500. The monoisotopic (exact) mass is 334 g/mol. The minimum atomic E-state index is -0.755. The average molecular weight is 334 g/mol. The third-order valence-corrected chi connectivity index (χ3v) is 5.01. The predicted molar refractivity (Wildman–Crippen MR) is 82.6 cm³/mol.